The molecule has 1 aliphatic carbocycles. The zero-order chi connectivity index (χ0) is 13.1. The summed E-state index contributed by atoms with van der Waals surface area (Å²) >= 11 is 0. The van der Waals surface area contributed by atoms with Gasteiger partial charge < -0.3 is 14.1 Å². The van der Waals surface area contributed by atoms with Crippen LogP contribution >= 0.6 is 0 Å². The van der Waals surface area contributed by atoms with Gasteiger partial charge in [-0.05, 0) is 37.9 Å². The van der Waals surface area contributed by atoms with Crippen molar-refractivity contribution in [2.24, 2.45) is 5.92 Å². The Morgan fingerprint density at radius 2 is 2.26 bits per heavy atom. The van der Waals surface area contributed by atoms with E-state index in [9.17, 15) is 0 Å². The molecule has 1 aromatic rings. The van der Waals surface area contributed by atoms with E-state index in [1.807, 2.05) is 6.07 Å². The van der Waals surface area contributed by atoms with Gasteiger partial charge in [-0.25, -0.2) is 0 Å². The minimum atomic E-state index is 0.340. The van der Waals surface area contributed by atoms with Crippen molar-refractivity contribution < 1.29 is 9.15 Å². The van der Waals surface area contributed by atoms with Crippen molar-refractivity contribution in [1.29, 1.82) is 0 Å². The largest absolute Gasteiger partial charge is 0.468 e. The molecule has 1 aromatic heterocycles. The number of morpholine rings is 1. The highest BCUT2D eigenvalue weighted by Crippen LogP contribution is 2.30. The highest BCUT2D eigenvalue weighted by atomic mass is 16.5. The second-order valence-corrected chi connectivity index (χ2v) is 5.97. The van der Waals surface area contributed by atoms with Gasteiger partial charge in [0.1, 0.15) is 5.76 Å². The molecule has 1 saturated carbocycles. The lowest BCUT2D eigenvalue weighted by atomic mass is 10.2. The third kappa shape index (κ3) is 4.06. The maximum Gasteiger partial charge on any atom is 0.117 e. The van der Waals surface area contributed by atoms with Crippen molar-refractivity contribution in [2.75, 3.05) is 39.8 Å². The first-order valence-electron chi connectivity index (χ1n) is 7.34. The van der Waals surface area contributed by atoms with E-state index in [0.29, 0.717) is 6.10 Å². The fourth-order valence-electron chi connectivity index (χ4n) is 2.76. The third-order valence-electron chi connectivity index (χ3n) is 3.98. The molecule has 0 N–H and O–H groups in total. The van der Waals surface area contributed by atoms with Crippen LogP contribution in [-0.2, 0) is 11.3 Å². The van der Waals surface area contributed by atoms with Crippen LogP contribution in [-0.4, -0.2) is 55.7 Å². The molecule has 0 bridgehead atoms. The summed E-state index contributed by atoms with van der Waals surface area (Å²) in [5.41, 5.74) is 0. The van der Waals surface area contributed by atoms with E-state index in [0.717, 1.165) is 44.5 Å². The molecule has 4 nitrogen and oxygen atoms in total. The Morgan fingerprint density at radius 1 is 1.37 bits per heavy atom. The van der Waals surface area contributed by atoms with Crippen LogP contribution in [0.25, 0.3) is 0 Å². The summed E-state index contributed by atoms with van der Waals surface area (Å²) in [4.78, 5) is 4.86. The van der Waals surface area contributed by atoms with Gasteiger partial charge in [0, 0.05) is 26.2 Å². The van der Waals surface area contributed by atoms with E-state index in [1.165, 1.54) is 19.4 Å². The first-order valence-corrected chi connectivity index (χ1v) is 7.34. The predicted octanol–water partition coefficient (Wildman–Crippen LogP) is 1.82. The zero-order valence-corrected chi connectivity index (χ0v) is 11.8. The number of furan rings is 1. The highest BCUT2D eigenvalue weighted by Gasteiger charge is 2.27. The lowest BCUT2D eigenvalue weighted by molar-refractivity contribution is -0.0379. The minimum absolute atomic E-state index is 0.340. The zero-order valence-electron chi connectivity index (χ0n) is 11.8. The minimum Gasteiger partial charge on any atom is -0.468 e. The predicted molar refractivity (Wildman–Crippen MR) is 73.9 cm³/mol. The summed E-state index contributed by atoms with van der Waals surface area (Å²) in [6.45, 7) is 6.06. The SMILES string of the molecule is CN1CCOC(CN(Cc2ccco2)CC2CC2)C1. The molecule has 4 heteroatoms. The van der Waals surface area contributed by atoms with Gasteiger partial charge in [0.15, 0.2) is 0 Å². The van der Waals surface area contributed by atoms with Crippen LogP contribution < -0.4 is 0 Å². The molecule has 1 aliphatic heterocycles. The van der Waals surface area contributed by atoms with Gasteiger partial charge >= 0.3 is 0 Å². The van der Waals surface area contributed by atoms with Gasteiger partial charge in [-0.2, -0.15) is 0 Å². The smallest absolute Gasteiger partial charge is 0.117 e. The third-order valence-corrected chi connectivity index (χ3v) is 3.98. The average Bonchev–Trinajstić information content (AvgIpc) is 3.03. The van der Waals surface area contributed by atoms with E-state index in [1.54, 1.807) is 6.26 Å². The summed E-state index contributed by atoms with van der Waals surface area (Å²) in [5.74, 6) is 1.96. The normalized spacial score (nSPS) is 25.1. The Labute approximate surface area is 115 Å². The monoisotopic (exact) mass is 264 g/mol. The topological polar surface area (TPSA) is 28.9 Å². The quantitative estimate of drug-likeness (QED) is 0.784. The molecule has 1 atom stereocenters. The molecular weight excluding hydrogens is 240 g/mol. The van der Waals surface area contributed by atoms with E-state index in [2.05, 4.69) is 22.9 Å². The van der Waals surface area contributed by atoms with E-state index in [4.69, 9.17) is 9.15 Å². The highest BCUT2D eigenvalue weighted by molar-refractivity contribution is 4.98. The number of ether oxygens (including phenoxy) is 1. The van der Waals surface area contributed by atoms with Crippen molar-refractivity contribution in [1.82, 2.24) is 9.80 Å². The molecule has 19 heavy (non-hydrogen) atoms. The van der Waals surface area contributed by atoms with Gasteiger partial charge in [-0.15, -0.1) is 0 Å². The Bertz CT molecular complexity index is 376. The second kappa shape index (κ2) is 6.07. The van der Waals surface area contributed by atoms with Crippen molar-refractivity contribution in [3.8, 4) is 0 Å². The molecule has 2 heterocycles. The van der Waals surface area contributed by atoms with Crippen molar-refractivity contribution in [3.05, 3.63) is 24.2 Å². The molecule has 3 rings (SSSR count). The van der Waals surface area contributed by atoms with E-state index >= 15 is 0 Å². The number of hydrogen-bond donors (Lipinski definition) is 0. The summed E-state index contributed by atoms with van der Waals surface area (Å²) in [6.07, 6.45) is 4.88. The standard InChI is InChI=1S/C15H24N2O2/c1-16-6-8-19-15(10-16)12-17(9-13-4-5-13)11-14-3-2-7-18-14/h2-3,7,13,15H,4-6,8-12H2,1H3. The lowest BCUT2D eigenvalue weighted by Gasteiger charge is -2.33. The molecule has 1 saturated heterocycles. The van der Waals surface area contributed by atoms with E-state index in [-0.39, 0.29) is 0 Å². The molecule has 0 aromatic carbocycles. The van der Waals surface area contributed by atoms with Crippen LogP contribution in [0.4, 0.5) is 0 Å². The van der Waals surface area contributed by atoms with E-state index < -0.39 is 0 Å². The van der Waals surface area contributed by atoms with Crippen LogP contribution in [0.2, 0.25) is 0 Å². The van der Waals surface area contributed by atoms with Crippen LogP contribution in [0.3, 0.4) is 0 Å². The van der Waals surface area contributed by atoms with Crippen LogP contribution in [0.1, 0.15) is 18.6 Å². The average molecular weight is 264 g/mol. The Balaban J connectivity index is 1.55. The van der Waals surface area contributed by atoms with Gasteiger partial charge in [0.05, 0.1) is 25.5 Å². The molecule has 0 radical (unpaired) electrons. The maximum atomic E-state index is 5.89. The fraction of sp³-hybridized carbons (Fsp3) is 0.733. The molecule has 1 unspecified atom stereocenters. The number of likely N-dealkylation sites (N-methyl/N-ethyl adjacent to an activating group) is 1. The molecular formula is C15H24N2O2. The van der Waals surface area contributed by atoms with Gasteiger partial charge in [-0.3, -0.25) is 4.90 Å². The van der Waals surface area contributed by atoms with Gasteiger partial charge in [-0.1, -0.05) is 0 Å². The summed E-state index contributed by atoms with van der Waals surface area (Å²) in [5, 5.41) is 0. The van der Waals surface area contributed by atoms with Crippen LogP contribution in [0, 0.1) is 5.92 Å². The first kappa shape index (κ1) is 13.2. The summed E-state index contributed by atoms with van der Waals surface area (Å²) < 4.78 is 11.4. The number of hydrogen-bond acceptors (Lipinski definition) is 4. The van der Waals surface area contributed by atoms with Crippen molar-refractivity contribution >= 4 is 0 Å². The van der Waals surface area contributed by atoms with Crippen LogP contribution in [0.15, 0.2) is 22.8 Å². The molecule has 2 aliphatic rings. The Hall–Kier alpha value is -0.840. The van der Waals surface area contributed by atoms with Gasteiger partial charge in [0.2, 0.25) is 0 Å². The Morgan fingerprint density at radius 3 is 2.95 bits per heavy atom. The number of rotatable bonds is 6. The number of nitrogens with zero attached hydrogens (tertiary/aromatic N) is 2. The maximum absolute atomic E-state index is 5.89. The summed E-state index contributed by atoms with van der Waals surface area (Å²) in [6, 6.07) is 4.03. The molecule has 2 fully saturated rings. The summed E-state index contributed by atoms with van der Waals surface area (Å²) in [7, 11) is 2.17. The molecule has 0 spiro atoms. The van der Waals surface area contributed by atoms with Gasteiger partial charge in [0.25, 0.3) is 0 Å². The lowest BCUT2D eigenvalue weighted by Crippen LogP contribution is -2.46. The van der Waals surface area contributed by atoms with Crippen LogP contribution in [0.5, 0.6) is 0 Å². The molecule has 0 amide bonds. The molecule has 106 valence electrons. The van der Waals surface area contributed by atoms with Crippen molar-refractivity contribution in [2.45, 2.75) is 25.5 Å². The second-order valence-electron chi connectivity index (χ2n) is 5.97. The first-order chi connectivity index (χ1) is 9.29. The Kier molecular flexibility index (Phi) is 4.21. The van der Waals surface area contributed by atoms with Crippen molar-refractivity contribution in [3.63, 3.8) is 0 Å². The fourth-order valence-corrected chi connectivity index (χ4v) is 2.76.